The minimum absolute atomic E-state index is 0.00402. The Morgan fingerprint density at radius 3 is 2.58 bits per heavy atom. The first-order valence-electron chi connectivity index (χ1n) is 8.40. The zero-order valence-corrected chi connectivity index (χ0v) is 16.7. The van der Waals surface area contributed by atoms with E-state index in [0.29, 0.717) is 0 Å². The fourth-order valence-corrected chi connectivity index (χ4v) is 3.50. The van der Waals surface area contributed by atoms with Crippen molar-refractivity contribution in [1.82, 2.24) is 10.0 Å². The number of hydrogen-bond acceptors (Lipinski definition) is 5. The van der Waals surface area contributed by atoms with Crippen molar-refractivity contribution in [2.24, 2.45) is 0 Å². The van der Waals surface area contributed by atoms with Gasteiger partial charge in [0.2, 0.25) is 10.0 Å². The van der Waals surface area contributed by atoms with Gasteiger partial charge in [0.25, 0.3) is 5.91 Å². The number of carbonyl (C=O) groups is 2. The van der Waals surface area contributed by atoms with Crippen LogP contribution in [0.2, 0.25) is 5.02 Å². The van der Waals surface area contributed by atoms with Crippen molar-refractivity contribution >= 4 is 33.5 Å². The van der Waals surface area contributed by atoms with Gasteiger partial charge >= 0.3 is 5.97 Å². The summed E-state index contributed by atoms with van der Waals surface area (Å²) in [6.45, 7) is 3.56. The lowest BCUT2D eigenvalue weighted by atomic mass is 10.1. The molecule has 7 nitrogen and oxygen atoms in total. The van der Waals surface area contributed by atoms with Gasteiger partial charge in [0, 0.05) is 6.04 Å². The molecule has 0 aliphatic rings. The molecule has 0 radical (unpaired) electrons. The first kappa shape index (κ1) is 22.4. The molecule has 0 fully saturated rings. The van der Waals surface area contributed by atoms with Gasteiger partial charge in [-0.25, -0.2) is 17.9 Å². The van der Waals surface area contributed by atoms with Crippen molar-refractivity contribution in [1.29, 1.82) is 0 Å². The van der Waals surface area contributed by atoms with Crippen molar-refractivity contribution in [3.8, 4) is 0 Å². The van der Waals surface area contributed by atoms with E-state index in [9.17, 15) is 18.0 Å². The second-order valence-corrected chi connectivity index (χ2v) is 8.16. The van der Waals surface area contributed by atoms with Gasteiger partial charge in [-0.3, -0.25) is 4.79 Å². The van der Waals surface area contributed by atoms with Crippen LogP contribution in [0, 0.1) is 0 Å². The van der Waals surface area contributed by atoms with E-state index in [1.807, 2.05) is 6.92 Å². The summed E-state index contributed by atoms with van der Waals surface area (Å²) in [7, 11) is -2.57. The Labute approximate surface area is 159 Å². The monoisotopic (exact) mass is 404 g/mol. The smallest absolute Gasteiger partial charge is 0.338 e. The van der Waals surface area contributed by atoms with E-state index in [4.69, 9.17) is 16.3 Å². The van der Waals surface area contributed by atoms with E-state index in [2.05, 4.69) is 17.0 Å². The van der Waals surface area contributed by atoms with Gasteiger partial charge in [-0.05, 0) is 38.6 Å². The minimum atomic E-state index is -3.81. The lowest BCUT2D eigenvalue weighted by molar-refractivity contribution is -0.124. The highest BCUT2D eigenvalue weighted by Gasteiger charge is 2.19. The third-order valence-electron chi connectivity index (χ3n) is 3.71. The average molecular weight is 405 g/mol. The summed E-state index contributed by atoms with van der Waals surface area (Å²) in [6, 6.07) is 3.74. The van der Waals surface area contributed by atoms with Crippen LogP contribution in [0.25, 0.3) is 0 Å². The van der Waals surface area contributed by atoms with E-state index < -0.39 is 28.5 Å². The topological polar surface area (TPSA) is 102 Å². The first-order chi connectivity index (χ1) is 12.2. The number of carbonyl (C=O) groups excluding carboxylic acids is 2. The molecule has 146 valence electrons. The Morgan fingerprint density at radius 1 is 1.27 bits per heavy atom. The molecule has 0 bridgehead atoms. The van der Waals surface area contributed by atoms with Crippen LogP contribution in [0.4, 0.5) is 0 Å². The average Bonchev–Trinajstić information content (AvgIpc) is 2.60. The van der Waals surface area contributed by atoms with E-state index in [1.165, 1.54) is 19.2 Å². The van der Waals surface area contributed by atoms with E-state index in [1.54, 1.807) is 0 Å². The van der Waals surface area contributed by atoms with E-state index >= 15 is 0 Å². The van der Waals surface area contributed by atoms with Crippen LogP contribution in [0.5, 0.6) is 0 Å². The van der Waals surface area contributed by atoms with Crippen LogP contribution in [0.3, 0.4) is 0 Å². The standard InChI is InChI=1S/C17H25ClN2O5S/c1-4-5-6-7-12(2)20-16(21)11-25-17(22)13-8-9-14(18)15(10-13)26(23,24)19-3/h8-10,12,19H,4-7,11H2,1-3H3,(H,20,21)/t12-/m0/s1. The van der Waals surface area contributed by atoms with Crippen LogP contribution in [0.15, 0.2) is 23.1 Å². The lowest BCUT2D eigenvalue weighted by Crippen LogP contribution is -2.35. The van der Waals surface area contributed by atoms with Crippen molar-refractivity contribution < 1.29 is 22.7 Å². The molecule has 0 heterocycles. The fraction of sp³-hybridized carbons (Fsp3) is 0.529. The number of amides is 1. The second kappa shape index (κ2) is 10.5. The summed E-state index contributed by atoms with van der Waals surface area (Å²) < 4.78 is 30.8. The molecule has 0 aliphatic heterocycles. The Morgan fingerprint density at radius 2 is 1.96 bits per heavy atom. The number of hydrogen-bond donors (Lipinski definition) is 2. The number of halogens is 1. The summed E-state index contributed by atoms with van der Waals surface area (Å²) in [5.74, 6) is -1.21. The van der Waals surface area contributed by atoms with Crippen LogP contribution >= 0.6 is 11.6 Å². The Balaban J connectivity index is 2.63. The maximum Gasteiger partial charge on any atom is 0.338 e. The zero-order chi connectivity index (χ0) is 19.7. The Bertz CT molecular complexity index is 737. The van der Waals surface area contributed by atoms with Gasteiger partial charge in [0.1, 0.15) is 4.90 Å². The molecule has 0 spiro atoms. The summed E-state index contributed by atoms with van der Waals surface area (Å²) in [5, 5.41) is 2.74. The van der Waals surface area contributed by atoms with Gasteiger partial charge < -0.3 is 10.1 Å². The maximum absolute atomic E-state index is 12.1. The molecule has 1 atom stereocenters. The molecule has 0 aromatic heterocycles. The van der Waals surface area contributed by atoms with Crippen LogP contribution in [-0.2, 0) is 19.6 Å². The van der Waals surface area contributed by atoms with Crippen LogP contribution < -0.4 is 10.0 Å². The highest BCUT2D eigenvalue weighted by molar-refractivity contribution is 7.89. The highest BCUT2D eigenvalue weighted by Crippen LogP contribution is 2.22. The molecule has 0 saturated carbocycles. The molecular formula is C17H25ClN2O5S. The largest absolute Gasteiger partial charge is 0.452 e. The predicted octanol–water partition coefficient (Wildman–Crippen LogP) is 2.49. The van der Waals surface area contributed by atoms with Gasteiger partial charge in [-0.1, -0.05) is 37.8 Å². The lowest BCUT2D eigenvalue weighted by Gasteiger charge is -2.14. The quantitative estimate of drug-likeness (QED) is 0.460. The highest BCUT2D eigenvalue weighted by atomic mass is 35.5. The molecule has 1 rings (SSSR count). The van der Waals surface area contributed by atoms with Crippen molar-refractivity contribution in [2.45, 2.75) is 50.5 Å². The predicted molar refractivity (Wildman–Crippen MR) is 99.7 cm³/mol. The number of unbranched alkanes of at least 4 members (excludes halogenated alkanes) is 2. The van der Waals surface area contributed by atoms with Crippen LogP contribution in [0.1, 0.15) is 49.9 Å². The third kappa shape index (κ3) is 6.93. The summed E-state index contributed by atoms with van der Waals surface area (Å²) in [5.41, 5.74) is -0.00739. The molecular weight excluding hydrogens is 380 g/mol. The fourth-order valence-electron chi connectivity index (χ4n) is 2.25. The Hall–Kier alpha value is -1.64. The number of ether oxygens (including phenoxy) is 1. The van der Waals surface area contributed by atoms with Gasteiger partial charge in [0.15, 0.2) is 6.61 Å². The van der Waals surface area contributed by atoms with E-state index in [-0.39, 0.29) is 21.5 Å². The second-order valence-electron chi connectivity index (χ2n) is 5.89. The van der Waals surface area contributed by atoms with Crippen LogP contribution in [-0.4, -0.2) is 40.0 Å². The molecule has 1 aromatic rings. The number of esters is 1. The normalized spacial score (nSPS) is 12.5. The SMILES string of the molecule is CCCCC[C@H](C)NC(=O)COC(=O)c1ccc(Cl)c(S(=O)(=O)NC)c1. The summed E-state index contributed by atoms with van der Waals surface area (Å²) in [4.78, 5) is 23.7. The van der Waals surface area contributed by atoms with Gasteiger partial charge in [-0.15, -0.1) is 0 Å². The number of sulfonamides is 1. The molecule has 26 heavy (non-hydrogen) atoms. The number of nitrogens with one attached hydrogen (secondary N) is 2. The molecule has 9 heteroatoms. The maximum atomic E-state index is 12.1. The van der Waals surface area contributed by atoms with Crippen molar-refractivity contribution in [2.75, 3.05) is 13.7 Å². The Kier molecular flexibility index (Phi) is 9.04. The molecule has 2 N–H and O–H groups in total. The van der Waals surface area contributed by atoms with Crippen molar-refractivity contribution in [3.05, 3.63) is 28.8 Å². The van der Waals surface area contributed by atoms with E-state index in [0.717, 1.165) is 31.7 Å². The molecule has 0 saturated heterocycles. The molecule has 1 aromatic carbocycles. The van der Waals surface area contributed by atoms with Gasteiger partial charge in [-0.2, -0.15) is 0 Å². The number of rotatable bonds is 10. The van der Waals surface area contributed by atoms with Gasteiger partial charge in [0.05, 0.1) is 10.6 Å². The first-order valence-corrected chi connectivity index (χ1v) is 10.3. The molecule has 0 unspecified atom stereocenters. The summed E-state index contributed by atoms with van der Waals surface area (Å²) >= 11 is 5.87. The minimum Gasteiger partial charge on any atom is -0.452 e. The zero-order valence-electron chi connectivity index (χ0n) is 15.2. The third-order valence-corrected chi connectivity index (χ3v) is 5.60. The van der Waals surface area contributed by atoms with Crippen molar-refractivity contribution in [3.63, 3.8) is 0 Å². The number of benzene rings is 1. The molecule has 0 aliphatic carbocycles. The summed E-state index contributed by atoms with van der Waals surface area (Å²) in [6.07, 6.45) is 4.08. The molecule has 1 amide bonds.